The number of fused-ring (bicyclic) bond motifs is 1. The number of aryl methyl sites for hydroxylation is 2. The summed E-state index contributed by atoms with van der Waals surface area (Å²) >= 11 is 1.33. The van der Waals surface area contributed by atoms with E-state index in [9.17, 15) is 9.59 Å². The van der Waals surface area contributed by atoms with Gasteiger partial charge in [0.2, 0.25) is 0 Å². The number of rotatable bonds is 4. The second kappa shape index (κ2) is 6.84. The third-order valence-corrected chi connectivity index (χ3v) is 5.12. The largest absolute Gasteiger partial charge is 0.482 e. The van der Waals surface area contributed by atoms with Crippen LogP contribution >= 0.6 is 11.8 Å². The number of carbonyl (C=O) groups is 2. The molecule has 1 amide bonds. The van der Waals surface area contributed by atoms with Gasteiger partial charge in [0.25, 0.3) is 5.91 Å². The molecule has 0 radical (unpaired) electrons. The molecule has 0 aliphatic carbocycles. The number of benzene rings is 1. The zero-order chi connectivity index (χ0) is 18.1. The molecule has 25 heavy (non-hydrogen) atoms. The lowest BCUT2D eigenvalue weighted by Gasteiger charge is -2.19. The van der Waals surface area contributed by atoms with Crippen LogP contribution in [0.2, 0.25) is 0 Å². The molecular weight excluding hydrogens is 338 g/mol. The highest BCUT2D eigenvalue weighted by Gasteiger charge is 2.22. The third-order valence-electron chi connectivity index (χ3n) is 4.16. The van der Waals surface area contributed by atoms with Crippen LogP contribution in [0.25, 0.3) is 0 Å². The van der Waals surface area contributed by atoms with Crippen molar-refractivity contribution >= 4 is 29.1 Å². The number of thioether (sulfide) groups is 1. The highest BCUT2D eigenvalue weighted by atomic mass is 32.2. The Morgan fingerprint density at radius 1 is 1.24 bits per heavy atom. The summed E-state index contributed by atoms with van der Waals surface area (Å²) in [6, 6.07) is 5.07. The summed E-state index contributed by atoms with van der Waals surface area (Å²) in [6.07, 6.45) is 0. The zero-order valence-corrected chi connectivity index (χ0v) is 15.4. The first kappa shape index (κ1) is 17.4. The first-order valence-electron chi connectivity index (χ1n) is 7.94. The van der Waals surface area contributed by atoms with E-state index in [-0.39, 0.29) is 23.5 Å². The topological polar surface area (TPSA) is 81.2 Å². The van der Waals surface area contributed by atoms with Crippen LogP contribution in [0.4, 0.5) is 5.69 Å². The third kappa shape index (κ3) is 3.66. The van der Waals surface area contributed by atoms with E-state index in [1.165, 1.54) is 11.8 Å². The van der Waals surface area contributed by atoms with E-state index in [4.69, 9.17) is 4.74 Å². The van der Waals surface area contributed by atoms with Crippen molar-refractivity contribution in [2.75, 3.05) is 11.9 Å². The summed E-state index contributed by atoms with van der Waals surface area (Å²) in [5.74, 6) is 0.301. The van der Waals surface area contributed by atoms with Crippen molar-refractivity contribution in [3.63, 3.8) is 0 Å². The van der Waals surface area contributed by atoms with Gasteiger partial charge in [-0.15, -0.1) is 0 Å². The maximum Gasteiger partial charge on any atom is 0.262 e. The number of hydrogen-bond acceptors (Lipinski definition) is 6. The molecule has 3 rings (SSSR count). The molecule has 1 aromatic carbocycles. The minimum Gasteiger partial charge on any atom is -0.482 e. The molecule has 1 atom stereocenters. The molecule has 0 bridgehead atoms. The molecule has 6 nitrogen and oxygen atoms in total. The predicted octanol–water partition coefficient (Wildman–Crippen LogP) is 3.10. The average molecular weight is 357 g/mol. The van der Waals surface area contributed by atoms with E-state index in [0.29, 0.717) is 22.2 Å². The number of nitrogens with zero attached hydrogens (tertiary/aromatic N) is 2. The van der Waals surface area contributed by atoms with Crippen molar-refractivity contribution in [3.8, 4) is 5.75 Å². The Bertz CT molecular complexity index is 844. The van der Waals surface area contributed by atoms with Crippen LogP contribution in [0.3, 0.4) is 0 Å². The first-order valence-corrected chi connectivity index (χ1v) is 8.82. The number of Topliss-reactive ketones (excluding diaryl/α,β-unsaturated/α-hetero) is 1. The molecule has 7 heteroatoms. The summed E-state index contributed by atoms with van der Waals surface area (Å²) in [4.78, 5) is 33.1. The summed E-state index contributed by atoms with van der Waals surface area (Å²) in [6.45, 7) is 7.68. The Morgan fingerprint density at radius 2 is 1.92 bits per heavy atom. The number of anilines is 1. The Hall–Kier alpha value is -2.41. The molecule has 1 unspecified atom stereocenters. The number of carbonyl (C=O) groups excluding carboxylic acids is 2. The molecule has 1 aromatic heterocycles. The van der Waals surface area contributed by atoms with Gasteiger partial charge in [0.05, 0.1) is 10.9 Å². The van der Waals surface area contributed by atoms with Gasteiger partial charge in [0, 0.05) is 17.0 Å². The summed E-state index contributed by atoms with van der Waals surface area (Å²) < 4.78 is 5.32. The quantitative estimate of drug-likeness (QED) is 0.514. The number of aromatic nitrogens is 2. The van der Waals surface area contributed by atoms with Gasteiger partial charge >= 0.3 is 0 Å². The van der Waals surface area contributed by atoms with Crippen LogP contribution < -0.4 is 10.1 Å². The van der Waals surface area contributed by atoms with Gasteiger partial charge < -0.3 is 10.1 Å². The number of hydrogen-bond donors (Lipinski definition) is 1. The van der Waals surface area contributed by atoms with E-state index in [2.05, 4.69) is 15.3 Å². The smallest absolute Gasteiger partial charge is 0.262 e. The van der Waals surface area contributed by atoms with Crippen LogP contribution in [0.1, 0.15) is 34.2 Å². The van der Waals surface area contributed by atoms with E-state index in [0.717, 1.165) is 17.0 Å². The second-order valence-electron chi connectivity index (χ2n) is 5.97. The normalized spacial score (nSPS) is 14.3. The van der Waals surface area contributed by atoms with Crippen LogP contribution in [0.15, 0.2) is 23.4 Å². The fourth-order valence-electron chi connectivity index (χ4n) is 2.48. The van der Waals surface area contributed by atoms with E-state index >= 15 is 0 Å². The molecule has 0 saturated heterocycles. The Morgan fingerprint density at radius 3 is 2.60 bits per heavy atom. The maximum absolute atomic E-state index is 12.7. The lowest BCUT2D eigenvalue weighted by atomic mass is 10.1. The van der Waals surface area contributed by atoms with E-state index < -0.39 is 0 Å². The van der Waals surface area contributed by atoms with Crippen molar-refractivity contribution in [2.45, 2.75) is 38.1 Å². The van der Waals surface area contributed by atoms with E-state index in [1.54, 1.807) is 18.2 Å². The van der Waals surface area contributed by atoms with Gasteiger partial charge in [-0.2, -0.15) is 0 Å². The molecule has 2 aromatic rings. The monoisotopic (exact) mass is 357 g/mol. The van der Waals surface area contributed by atoms with Gasteiger partial charge in [0.1, 0.15) is 5.75 Å². The van der Waals surface area contributed by atoms with Gasteiger partial charge in [0.15, 0.2) is 17.5 Å². The SMILES string of the molecule is Cc1nc(SC(C)C(=O)c2ccc3c(c2)NC(=O)CO3)nc(C)c1C. The minimum atomic E-state index is -0.347. The average Bonchev–Trinajstić information content (AvgIpc) is 2.58. The number of amides is 1. The highest BCUT2D eigenvalue weighted by Crippen LogP contribution is 2.31. The Kier molecular flexibility index (Phi) is 4.76. The first-order chi connectivity index (χ1) is 11.8. The second-order valence-corrected chi connectivity index (χ2v) is 7.28. The Balaban J connectivity index is 1.79. The van der Waals surface area contributed by atoms with Gasteiger partial charge in [-0.05, 0) is 51.5 Å². The van der Waals surface area contributed by atoms with Gasteiger partial charge in [-0.3, -0.25) is 9.59 Å². The van der Waals surface area contributed by atoms with E-state index in [1.807, 2.05) is 27.7 Å². The fraction of sp³-hybridized carbons (Fsp3) is 0.333. The molecule has 1 aliphatic heterocycles. The molecule has 130 valence electrons. The zero-order valence-electron chi connectivity index (χ0n) is 14.5. The predicted molar refractivity (Wildman–Crippen MR) is 96.5 cm³/mol. The lowest BCUT2D eigenvalue weighted by Crippen LogP contribution is -2.25. The summed E-state index contributed by atoms with van der Waals surface area (Å²) in [5.41, 5.74) is 3.95. The van der Waals surface area contributed by atoms with Crippen molar-refractivity contribution < 1.29 is 14.3 Å². The van der Waals surface area contributed by atoms with Crippen LogP contribution in [-0.4, -0.2) is 33.5 Å². The van der Waals surface area contributed by atoms with Gasteiger partial charge in [-0.1, -0.05) is 11.8 Å². The molecule has 1 aliphatic rings. The van der Waals surface area contributed by atoms with Gasteiger partial charge in [-0.25, -0.2) is 9.97 Å². The standard InChI is InChI=1S/C18H19N3O3S/c1-9-10(2)19-18(20-11(9)3)25-12(4)17(23)13-5-6-15-14(7-13)21-16(22)8-24-15/h5-7,12H,8H2,1-4H3,(H,21,22). The molecule has 0 saturated carbocycles. The fourth-order valence-corrected chi connectivity index (χ4v) is 3.42. The summed E-state index contributed by atoms with van der Waals surface area (Å²) in [7, 11) is 0. The van der Waals surface area contributed by atoms with Crippen molar-refractivity contribution in [1.82, 2.24) is 9.97 Å². The number of ketones is 1. The maximum atomic E-state index is 12.7. The lowest BCUT2D eigenvalue weighted by molar-refractivity contribution is -0.118. The van der Waals surface area contributed by atoms with Crippen LogP contribution in [0, 0.1) is 20.8 Å². The highest BCUT2D eigenvalue weighted by molar-refractivity contribution is 8.00. The number of ether oxygens (including phenoxy) is 1. The van der Waals surface area contributed by atoms with Crippen molar-refractivity contribution in [3.05, 3.63) is 40.7 Å². The van der Waals surface area contributed by atoms with Crippen LogP contribution in [0.5, 0.6) is 5.75 Å². The van der Waals surface area contributed by atoms with Crippen molar-refractivity contribution in [1.29, 1.82) is 0 Å². The molecular formula is C18H19N3O3S. The molecule has 2 heterocycles. The number of nitrogens with one attached hydrogen (secondary N) is 1. The molecule has 0 fully saturated rings. The van der Waals surface area contributed by atoms with Crippen molar-refractivity contribution in [2.24, 2.45) is 0 Å². The summed E-state index contributed by atoms with van der Waals surface area (Å²) in [5, 5.41) is 2.96. The Labute approximate surface area is 150 Å². The van der Waals surface area contributed by atoms with Crippen LogP contribution in [-0.2, 0) is 4.79 Å². The molecule has 0 spiro atoms. The minimum absolute atomic E-state index is 0.00396. The molecule has 1 N–H and O–H groups in total.